The molecule has 0 saturated heterocycles. The van der Waals surface area contributed by atoms with Crippen LogP contribution in [0.15, 0.2) is 35.7 Å². The lowest BCUT2D eigenvalue weighted by Gasteiger charge is -1.97. The van der Waals surface area contributed by atoms with E-state index in [9.17, 15) is 0 Å². The smallest absolute Gasteiger partial charge is 0.184 e. The maximum Gasteiger partial charge on any atom is 0.184 e. The van der Waals surface area contributed by atoms with Crippen molar-refractivity contribution < 1.29 is 0 Å². The number of thiazole rings is 1. The molecule has 1 N–H and O–H groups in total. The Labute approximate surface area is 108 Å². The third-order valence-electron chi connectivity index (χ3n) is 2.54. The van der Waals surface area contributed by atoms with E-state index in [4.69, 9.17) is 0 Å². The maximum atomic E-state index is 4.59. The fourth-order valence-corrected chi connectivity index (χ4v) is 3.18. The van der Waals surface area contributed by atoms with Crippen molar-refractivity contribution in [2.75, 3.05) is 5.32 Å². The summed E-state index contributed by atoms with van der Waals surface area (Å²) in [5.41, 5.74) is 2.34. The molecule has 2 nitrogen and oxygen atoms in total. The van der Waals surface area contributed by atoms with Gasteiger partial charge in [0, 0.05) is 4.88 Å². The second kappa shape index (κ2) is 4.47. The molecule has 3 aromatic rings. The van der Waals surface area contributed by atoms with E-state index in [0.29, 0.717) is 0 Å². The molecule has 1 aromatic carbocycles. The quantitative estimate of drug-likeness (QED) is 0.760. The number of rotatable bonds is 3. The highest BCUT2D eigenvalue weighted by Crippen LogP contribution is 2.27. The Bertz CT molecular complexity index is 626. The molecule has 2 heterocycles. The molecule has 2 aromatic heterocycles. The molecule has 0 aliphatic heterocycles. The van der Waals surface area contributed by atoms with Crippen LogP contribution in [-0.4, -0.2) is 4.98 Å². The summed E-state index contributed by atoms with van der Waals surface area (Å²) < 4.78 is 1.24. The van der Waals surface area contributed by atoms with Crippen molar-refractivity contribution in [2.24, 2.45) is 0 Å². The Morgan fingerprint density at radius 2 is 2.24 bits per heavy atom. The van der Waals surface area contributed by atoms with E-state index < -0.39 is 0 Å². The summed E-state index contributed by atoms with van der Waals surface area (Å²) in [6.07, 6.45) is 0. The van der Waals surface area contributed by atoms with Gasteiger partial charge < -0.3 is 5.32 Å². The molecule has 0 aliphatic carbocycles. The van der Waals surface area contributed by atoms with Crippen LogP contribution in [0.25, 0.3) is 10.2 Å². The minimum absolute atomic E-state index is 0.858. The number of thiophene rings is 1. The molecule has 0 aliphatic rings. The number of benzene rings is 1. The molecule has 0 fully saturated rings. The summed E-state index contributed by atoms with van der Waals surface area (Å²) in [4.78, 5) is 5.92. The molecular formula is C13H12N2S2. The first kappa shape index (κ1) is 10.7. The van der Waals surface area contributed by atoms with Gasteiger partial charge in [-0.15, -0.1) is 11.3 Å². The maximum absolute atomic E-state index is 4.59. The van der Waals surface area contributed by atoms with Crippen molar-refractivity contribution in [1.29, 1.82) is 0 Å². The Balaban J connectivity index is 1.81. The lowest BCUT2D eigenvalue weighted by atomic mass is 10.2. The minimum atomic E-state index is 0.858. The number of fused-ring (bicyclic) bond motifs is 1. The van der Waals surface area contributed by atoms with Crippen LogP contribution >= 0.6 is 22.7 Å². The Kier molecular flexibility index (Phi) is 2.82. The third kappa shape index (κ3) is 2.33. The SMILES string of the molecule is Cc1ccc2sc(NCc3cccs3)nc2c1. The van der Waals surface area contributed by atoms with Gasteiger partial charge in [-0.05, 0) is 36.1 Å². The summed E-state index contributed by atoms with van der Waals surface area (Å²) >= 11 is 3.48. The zero-order chi connectivity index (χ0) is 11.7. The number of nitrogens with zero attached hydrogens (tertiary/aromatic N) is 1. The van der Waals surface area contributed by atoms with E-state index in [-0.39, 0.29) is 0 Å². The normalized spacial score (nSPS) is 10.9. The second-order valence-corrected chi connectivity index (χ2v) is 5.99. The van der Waals surface area contributed by atoms with Gasteiger partial charge in [0.2, 0.25) is 0 Å². The van der Waals surface area contributed by atoms with Gasteiger partial charge in [0.25, 0.3) is 0 Å². The standard InChI is InChI=1S/C13H12N2S2/c1-9-4-5-12-11(7-9)15-13(17-12)14-8-10-3-2-6-16-10/h2-7H,8H2,1H3,(H,14,15). The molecule has 0 spiro atoms. The Morgan fingerprint density at radius 1 is 1.29 bits per heavy atom. The van der Waals surface area contributed by atoms with Gasteiger partial charge in [0.15, 0.2) is 5.13 Å². The highest BCUT2D eigenvalue weighted by Gasteiger charge is 2.03. The number of anilines is 1. The first-order valence-electron chi connectivity index (χ1n) is 5.45. The van der Waals surface area contributed by atoms with Gasteiger partial charge in [-0.3, -0.25) is 0 Å². The number of aryl methyl sites for hydroxylation is 1. The van der Waals surface area contributed by atoms with Gasteiger partial charge in [0.1, 0.15) is 0 Å². The van der Waals surface area contributed by atoms with Crippen molar-refractivity contribution in [3.8, 4) is 0 Å². The van der Waals surface area contributed by atoms with Crippen LogP contribution in [0.1, 0.15) is 10.4 Å². The van der Waals surface area contributed by atoms with Gasteiger partial charge in [0.05, 0.1) is 16.8 Å². The van der Waals surface area contributed by atoms with Crippen LogP contribution in [0.3, 0.4) is 0 Å². The van der Waals surface area contributed by atoms with Crippen LogP contribution in [0, 0.1) is 6.92 Å². The minimum Gasteiger partial charge on any atom is -0.357 e. The summed E-state index contributed by atoms with van der Waals surface area (Å²) in [5.74, 6) is 0. The predicted molar refractivity (Wildman–Crippen MR) is 76.0 cm³/mol. The first-order valence-corrected chi connectivity index (χ1v) is 7.14. The topological polar surface area (TPSA) is 24.9 Å². The lowest BCUT2D eigenvalue weighted by molar-refractivity contribution is 1.18. The zero-order valence-electron chi connectivity index (χ0n) is 9.43. The molecule has 0 atom stereocenters. The fourth-order valence-electron chi connectivity index (χ4n) is 1.69. The summed E-state index contributed by atoms with van der Waals surface area (Å²) in [6.45, 7) is 2.95. The molecule has 0 amide bonds. The van der Waals surface area contributed by atoms with Crippen LogP contribution in [0.2, 0.25) is 0 Å². The number of nitrogens with one attached hydrogen (secondary N) is 1. The van der Waals surface area contributed by atoms with E-state index in [2.05, 4.69) is 52.9 Å². The van der Waals surface area contributed by atoms with Gasteiger partial charge in [-0.1, -0.05) is 23.5 Å². The van der Waals surface area contributed by atoms with Crippen molar-refractivity contribution in [3.05, 3.63) is 46.2 Å². The molecular weight excluding hydrogens is 248 g/mol. The molecule has 17 heavy (non-hydrogen) atoms. The van der Waals surface area contributed by atoms with E-state index >= 15 is 0 Å². The van der Waals surface area contributed by atoms with Crippen molar-refractivity contribution in [3.63, 3.8) is 0 Å². The van der Waals surface area contributed by atoms with Crippen molar-refractivity contribution in [1.82, 2.24) is 4.98 Å². The van der Waals surface area contributed by atoms with Crippen LogP contribution in [0.5, 0.6) is 0 Å². The second-order valence-electron chi connectivity index (χ2n) is 3.92. The van der Waals surface area contributed by atoms with Gasteiger partial charge >= 0.3 is 0 Å². The molecule has 3 rings (SSSR count). The summed E-state index contributed by atoms with van der Waals surface area (Å²) in [6, 6.07) is 10.6. The molecule has 86 valence electrons. The van der Waals surface area contributed by atoms with Crippen molar-refractivity contribution in [2.45, 2.75) is 13.5 Å². The van der Waals surface area contributed by atoms with Crippen molar-refractivity contribution >= 4 is 38.0 Å². The highest BCUT2D eigenvalue weighted by atomic mass is 32.1. The third-order valence-corrected chi connectivity index (χ3v) is 4.41. The molecule has 0 saturated carbocycles. The summed E-state index contributed by atoms with van der Waals surface area (Å²) in [5, 5.41) is 6.47. The number of aromatic nitrogens is 1. The van der Waals surface area contributed by atoms with Gasteiger partial charge in [-0.2, -0.15) is 0 Å². The van der Waals surface area contributed by atoms with Crippen LogP contribution < -0.4 is 5.32 Å². The van der Waals surface area contributed by atoms with Crippen LogP contribution in [0.4, 0.5) is 5.13 Å². The van der Waals surface area contributed by atoms with Gasteiger partial charge in [-0.25, -0.2) is 4.98 Å². The molecule has 0 radical (unpaired) electrons. The average Bonchev–Trinajstić information content (AvgIpc) is 2.94. The van der Waals surface area contributed by atoms with E-state index in [1.54, 1.807) is 22.7 Å². The molecule has 0 unspecified atom stereocenters. The molecule has 0 bridgehead atoms. The fraction of sp³-hybridized carbons (Fsp3) is 0.154. The van der Waals surface area contributed by atoms with Crippen LogP contribution in [-0.2, 0) is 6.54 Å². The average molecular weight is 260 g/mol. The zero-order valence-corrected chi connectivity index (χ0v) is 11.1. The Hall–Kier alpha value is -1.39. The number of hydrogen-bond acceptors (Lipinski definition) is 4. The predicted octanol–water partition coefficient (Wildman–Crippen LogP) is 4.28. The largest absolute Gasteiger partial charge is 0.357 e. The Morgan fingerprint density at radius 3 is 3.06 bits per heavy atom. The highest BCUT2D eigenvalue weighted by molar-refractivity contribution is 7.22. The van der Waals surface area contributed by atoms with E-state index in [1.165, 1.54) is 15.1 Å². The van der Waals surface area contributed by atoms with E-state index in [0.717, 1.165) is 17.2 Å². The van der Waals surface area contributed by atoms with E-state index in [1.807, 2.05) is 0 Å². The number of hydrogen-bond donors (Lipinski definition) is 1. The monoisotopic (exact) mass is 260 g/mol. The lowest BCUT2D eigenvalue weighted by Crippen LogP contribution is -1.95. The first-order chi connectivity index (χ1) is 8.31. The summed E-state index contributed by atoms with van der Waals surface area (Å²) in [7, 11) is 0. The molecule has 4 heteroatoms.